The van der Waals surface area contributed by atoms with E-state index in [1.165, 1.54) is 5.69 Å². The largest absolute Gasteiger partial charge is 0.494 e. The first-order chi connectivity index (χ1) is 11.7. The van der Waals surface area contributed by atoms with Crippen molar-refractivity contribution in [2.24, 2.45) is 12.0 Å². The van der Waals surface area contributed by atoms with Crippen molar-refractivity contribution < 1.29 is 5.11 Å². The second-order valence-corrected chi connectivity index (χ2v) is 5.76. The maximum absolute atomic E-state index is 10.3. The topological polar surface area (TPSA) is 40.8 Å². The van der Waals surface area contributed by atoms with Crippen molar-refractivity contribution in [1.29, 1.82) is 0 Å². The lowest BCUT2D eigenvalue weighted by atomic mass is 10.2. The summed E-state index contributed by atoms with van der Waals surface area (Å²) in [5.41, 5.74) is 3.82. The molecule has 1 heterocycles. The van der Waals surface area contributed by atoms with Gasteiger partial charge >= 0.3 is 0 Å². The van der Waals surface area contributed by atoms with Gasteiger partial charge in [0.25, 0.3) is 0 Å². The molecule has 0 amide bonds. The molecule has 0 aliphatic rings. The summed E-state index contributed by atoms with van der Waals surface area (Å²) in [7, 11) is 1.86. The van der Waals surface area contributed by atoms with Crippen LogP contribution in [0.1, 0.15) is 19.4 Å². The number of para-hydroxylation sites is 1. The predicted octanol–water partition coefficient (Wildman–Crippen LogP) is 4.48. The second-order valence-electron chi connectivity index (χ2n) is 5.76. The average molecular weight is 321 g/mol. The lowest BCUT2D eigenvalue weighted by Crippen LogP contribution is -2.21. The zero-order valence-corrected chi connectivity index (χ0v) is 14.4. The molecular formula is C20H23N3O. The van der Waals surface area contributed by atoms with Crippen LogP contribution in [0, 0.1) is 0 Å². The average Bonchev–Trinajstić information content (AvgIpc) is 2.87. The highest BCUT2D eigenvalue weighted by atomic mass is 16.3. The van der Waals surface area contributed by atoms with Gasteiger partial charge in [-0.1, -0.05) is 18.2 Å². The van der Waals surface area contributed by atoms with E-state index in [-0.39, 0.29) is 5.88 Å². The van der Waals surface area contributed by atoms with Crippen LogP contribution in [0.3, 0.4) is 0 Å². The molecule has 0 bridgehead atoms. The van der Waals surface area contributed by atoms with E-state index in [1.807, 2.05) is 43.4 Å². The van der Waals surface area contributed by atoms with E-state index in [4.69, 9.17) is 0 Å². The molecule has 24 heavy (non-hydrogen) atoms. The van der Waals surface area contributed by atoms with E-state index in [9.17, 15) is 5.11 Å². The van der Waals surface area contributed by atoms with E-state index in [0.29, 0.717) is 0 Å². The molecule has 0 aliphatic carbocycles. The Balaban J connectivity index is 1.90. The molecule has 124 valence electrons. The molecule has 4 heteroatoms. The number of rotatable bonds is 5. The Morgan fingerprint density at radius 1 is 1.04 bits per heavy atom. The Hall–Kier alpha value is -2.75. The SMILES string of the molecule is CCN(CC)c1ccc(N=Cc2c(O)n(C)c3ccccc23)cc1. The quantitative estimate of drug-likeness (QED) is 0.704. The van der Waals surface area contributed by atoms with E-state index < -0.39 is 0 Å². The summed E-state index contributed by atoms with van der Waals surface area (Å²) in [4.78, 5) is 6.83. The number of nitrogens with zero attached hydrogens (tertiary/aromatic N) is 3. The van der Waals surface area contributed by atoms with Gasteiger partial charge in [-0.25, -0.2) is 0 Å². The Bertz CT molecular complexity index is 858. The number of aromatic hydroxyl groups is 1. The van der Waals surface area contributed by atoms with Crippen molar-refractivity contribution in [1.82, 2.24) is 4.57 Å². The summed E-state index contributed by atoms with van der Waals surface area (Å²) in [5, 5.41) is 11.3. The Kier molecular flexibility index (Phi) is 4.56. The van der Waals surface area contributed by atoms with E-state index in [2.05, 4.69) is 35.9 Å². The molecule has 4 nitrogen and oxygen atoms in total. The summed E-state index contributed by atoms with van der Waals surface area (Å²) in [5.74, 6) is 0.236. The normalized spacial score (nSPS) is 11.5. The number of fused-ring (bicyclic) bond motifs is 1. The first-order valence-corrected chi connectivity index (χ1v) is 8.31. The van der Waals surface area contributed by atoms with Gasteiger partial charge in [0.1, 0.15) is 0 Å². The molecule has 0 spiro atoms. The molecule has 0 fully saturated rings. The van der Waals surface area contributed by atoms with Crippen LogP contribution < -0.4 is 4.90 Å². The van der Waals surface area contributed by atoms with Gasteiger partial charge in [0, 0.05) is 37.4 Å². The summed E-state index contributed by atoms with van der Waals surface area (Å²) >= 11 is 0. The van der Waals surface area contributed by atoms with Crippen LogP contribution in [-0.4, -0.2) is 29.0 Å². The van der Waals surface area contributed by atoms with Crippen LogP contribution in [0.4, 0.5) is 11.4 Å². The highest BCUT2D eigenvalue weighted by Crippen LogP contribution is 2.29. The summed E-state index contributed by atoms with van der Waals surface area (Å²) in [6.45, 7) is 6.28. The minimum Gasteiger partial charge on any atom is -0.494 e. The van der Waals surface area contributed by atoms with Crippen LogP contribution in [0.5, 0.6) is 5.88 Å². The molecule has 3 rings (SSSR count). The third kappa shape index (κ3) is 2.87. The molecule has 0 radical (unpaired) electrons. The van der Waals surface area contributed by atoms with Gasteiger partial charge in [-0.2, -0.15) is 0 Å². The number of hydrogen-bond acceptors (Lipinski definition) is 3. The van der Waals surface area contributed by atoms with Crippen molar-refractivity contribution >= 4 is 28.5 Å². The Labute approximate surface area is 142 Å². The molecule has 0 aliphatic heterocycles. The lowest BCUT2D eigenvalue weighted by Gasteiger charge is -2.20. The van der Waals surface area contributed by atoms with E-state index >= 15 is 0 Å². The van der Waals surface area contributed by atoms with Crippen molar-refractivity contribution in [2.75, 3.05) is 18.0 Å². The van der Waals surface area contributed by atoms with Crippen molar-refractivity contribution in [3.8, 4) is 5.88 Å². The van der Waals surface area contributed by atoms with Gasteiger partial charge in [0.2, 0.25) is 5.88 Å². The van der Waals surface area contributed by atoms with E-state index in [0.717, 1.165) is 35.2 Å². The molecule has 1 N–H and O–H groups in total. The molecular weight excluding hydrogens is 298 g/mol. The van der Waals surface area contributed by atoms with Gasteiger partial charge in [-0.05, 0) is 44.2 Å². The van der Waals surface area contributed by atoms with Gasteiger partial charge in [-0.3, -0.25) is 4.99 Å². The molecule has 0 saturated heterocycles. The fourth-order valence-corrected chi connectivity index (χ4v) is 3.01. The van der Waals surface area contributed by atoms with Crippen LogP contribution in [0.2, 0.25) is 0 Å². The molecule has 0 saturated carbocycles. The van der Waals surface area contributed by atoms with Crippen molar-refractivity contribution in [2.45, 2.75) is 13.8 Å². The van der Waals surface area contributed by atoms with Gasteiger partial charge in [0.15, 0.2) is 0 Å². The summed E-state index contributed by atoms with van der Waals surface area (Å²) in [6.07, 6.45) is 1.74. The molecule has 2 aromatic carbocycles. The van der Waals surface area contributed by atoms with Crippen LogP contribution >= 0.6 is 0 Å². The Morgan fingerprint density at radius 2 is 1.71 bits per heavy atom. The van der Waals surface area contributed by atoms with E-state index in [1.54, 1.807) is 10.8 Å². The standard InChI is InChI=1S/C20H23N3O/c1-4-23(5-2)16-12-10-15(11-13-16)21-14-18-17-8-6-7-9-19(17)22(3)20(18)24/h6-14,24H,4-5H2,1-3H3. The summed E-state index contributed by atoms with van der Waals surface area (Å²) in [6, 6.07) is 16.1. The van der Waals surface area contributed by atoms with Crippen LogP contribution in [0.15, 0.2) is 53.5 Å². The monoisotopic (exact) mass is 321 g/mol. The molecule has 0 unspecified atom stereocenters. The second kappa shape index (κ2) is 6.79. The zero-order chi connectivity index (χ0) is 17.1. The highest BCUT2D eigenvalue weighted by molar-refractivity contribution is 6.03. The first-order valence-electron chi connectivity index (χ1n) is 8.31. The highest BCUT2D eigenvalue weighted by Gasteiger charge is 2.11. The third-order valence-corrected chi connectivity index (χ3v) is 4.44. The number of hydrogen-bond donors (Lipinski definition) is 1. The van der Waals surface area contributed by atoms with Crippen LogP contribution in [0.25, 0.3) is 10.9 Å². The Morgan fingerprint density at radius 3 is 2.38 bits per heavy atom. The lowest BCUT2D eigenvalue weighted by molar-refractivity contribution is 0.434. The van der Waals surface area contributed by atoms with Crippen molar-refractivity contribution in [3.63, 3.8) is 0 Å². The minimum absolute atomic E-state index is 0.236. The van der Waals surface area contributed by atoms with Gasteiger partial charge in [-0.15, -0.1) is 0 Å². The molecule has 0 atom stereocenters. The van der Waals surface area contributed by atoms with Gasteiger partial charge < -0.3 is 14.6 Å². The number of aliphatic imine (C=N–C) groups is 1. The zero-order valence-electron chi connectivity index (χ0n) is 14.4. The fourth-order valence-electron chi connectivity index (χ4n) is 3.01. The van der Waals surface area contributed by atoms with Crippen LogP contribution in [-0.2, 0) is 7.05 Å². The number of anilines is 1. The number of aryl methyl sites for hydroxylation is 1. The number of aromatic nitrogens is 1. The fraction of sp³-hybridized carbons (Fsp3) is 0.250. The van der Waals surface area contributed by atoms with Crippen molar-refractivity contribution in [3.05, 3.63) is 54.1 Å². The third-order valence-electron chi connectivity index (χ3n) is 4.44. The van der Waals surface area contributed by atoms with Gasteiger partial charge in [0.05, 0.1) is 16.8 Å². The maximum Gasteiger partial charge on any atom is 0.200 e. The molecule has 3 aromatic rings. The summed E-state index contributed by atoms with van der Waals surface area (Å²) < 4.78 is 1.78. The first kappa shape index (κ1) is 16.1. The smallest absolute Gasteiger partial charge is 0.200 e. The number of benzene rings is 2. The minimum atomic E-state index is 0.236. The predicted molar refractivity (Wildman–Crippen MR) is 102 cm³/mol. The molecule has 1 aromatic heterocycles. The maximum atomic E-state index is 10.3.